The van der Waals surface area contributed by atoms with Gasteiger partial charge in [0.15, 0.2) is 0 Å². The van der Waals surface area contributed by atoms with Crippen LogP contribution in [-0.2, 0) is 11.2 Å². The largest absolute Gasteiger partial charge is 0.326 e. The van der Waals surface area contributed by atoms with Crippen LogP contribution in [0.15, 0.2) is 73.1 Å². The summed E-state index contributed by atoms with van der Waals surface area (Å²) in [5.41, 5.74) is 2.14. The van der Waals surface area contributed by atoms with Crippen molar-refractivity contribution in [1.82, 2.24) is 15.5 Å². The molecule has 7 nitrogen and oxygen atoms in total. The van der Waals surface area contributed by atoms with Gasteiger partial charge in [-0.1, -0.05) is 48.5 Å². The van der Waals surface area contributed by atoms with Crippen molar-refractivity contribution in [3.63, 3.8) is 0 Å². The normalized spacial score (nSPS) is 11.4. The summed E-state index contributed by atoms with van der Waals surface area (Å²) >= 11 is 0. The van der Waals surface area contributed by atoms with Crippen LogP contribution in [0.4, 0.5) is 16.2 Å². The van der Waals surface area contributed by atoms with Gasteiger partial charge in [-0.25, -0.2) is 4.79 Å². The molecule has 3 aromatic rings. The van der Waals surface area contributed by atoms with Gasteiger partial charge in [0.05, 0.1) is 11.9 Å². The molecule has 2 aromatic carbocycles. The first kappa shape index (κ1) is 17.2. The second kappa shape index (κ2) is 8.48. The monoisotopic (exact) mass is 349 g/mol. The minimum atomic E-state index is -0.732. The number of benzene rings is 2. The van der Waals surface area contributed by atoms with Gasteiger partial charge < -0.3 is 16.0 Å². The Hall–Kier alpha value is -3.61. The number of aromatic nitrogens is 2. The highest BCUT2D eigenvalue weighted by Gasteiger charge is 2.21. The first-order valence-corrected chi connectivity index (χ1v) is 8.17. The van der Waals surface area contributed by atoms with E-state index in [-0.39, 0.29) is 5.91 Å². The summed E-state index contributed by atoms with van der Waals surface area (Å²) < 4.78 is 0. The van der Waals surface area contributed by atoms with Crippen LogP contribution in [0.2, 0.25) is 0 Å². The topological polar surface area (TPSA) is 98.9 Å². The summed E-state index contributed by atoms with van der Waals surface area (Å²) in [6.45, 7) is 0. The Bertz CT molecular complexity index is 835. The highest BCUT2D eigenvalue weighted by atomic mass is 16.2. The molecular weight excluding hydrogens is 330 g/mol. The second-order valence-corrected chi connectivity index (χ2v) is 5.68. The summed E-state index contributed by atoms with van der Waals surface area (Å²) in [6, 6.07) is 17.4. The number of H-pyrrole nitrogens is 1. The van der Waals surface area contributed by atoms with Crippen LogP contribution < -0.4 is 16.0 Å². The summed E-state index contributed by atoms with van der Waals surface area (Å²) in [5.74, 6) is -0.289. The van der Waals surface area contributed by atoms with Gasteiger partial charge in [0.25, 0.3) is 0 Å². The molecule has 0 unspecified atom stereocenters. The molecule has 0 aliphatic carbocycles. The van der Waals surface area contributed by atoms with E-state index in [1.54, 1.807) is 18.3 Å². The molecule has 1 atom stereocenters. The Morgan fingerprint density at radius 1 is 0.923 bits per heavy atom. The van der Waals surface area contributed by atoms with Crippen molar-refractivity contribution < 1.29 is 9.59 Å². The molecule has 7 heteroatoms. The average Bonchev–Trinajstić information content (AvgIpc) is 3.16. The standard InChI is InChI=1S/C19H19N5O2/c25-18(22-15-9-5-2-6-10-15)17(11-14-7-3-1-4-8-14)24-19(26)23-16-12-20-21-13-16/h1-10,12-13,17H,11H2,(H,20,21)(H,22,25)(H2,23,24,26)/t17-/m1/s1. The lowest BCUT2D eigenvalue weighted by atomic mass is 10.1. The number of nitrogens with one attached hydrogen (secondary N) is 4. The zero-order valence-corrected chi connectivity index (χ0v) is 14.0. The van der Waals surface area contributed by atoms with Gasteiger partial charge in [0.2, 0.25) is 5.91 Å². The van der Waals surface area contributed by atoms with Crippen molar-refractivity contribution >= 4 is 23.3 Å². The van der Waals surface area contributed by atoms with E-state index in [1.807, 2.05) is 48.5 Å². The Kier molecular flexibility index (Phi) is 5.61. The maximum atomic E-state index is 12.7. The molecular formula is C19H19N5O2. The molecule has 0 spiro atoms. The van der Waals surface area contributed by atoms with Gasteiger partial charge in [0.1, 0.15) is 6.04 Å². The number of rotatable bonds is 6. The molecule has 0 aliphatic heterocycles. The van der Waals surface area contributed by atoms with Crippen LogP contribution in [0.25, 0.3) is 0 Å². The Morgan fingerprint density at radius 2 is 1.62 bits per heavy atom. The molecule has 3 amide bonds. The zero-order valence-electron chi connectivity index (χ0n) is 14.0. The molecule has 0 aliphatic rings. The van der Waals surface area contributed by atoms with Crippen LogP contribution in [0, 0.1) is 0 Å². The van der Waals surface area contributed by atoms with E-state index in [4.69, 9.17) is 0 Å². The molecule has 132 valence electrons. The molecule has 1 heterocycles. The maximum absolute atomic E-state index is 12.7. The third-order valence-corrected chi connectivity index (χ3v) is 3.70. The van der Waals surface area contributed by atoms with E-state index in [2.05, 4.69) is 26.1 Å². The summed E-state index contributed by atoms with van der Waals surface area (Å²) in [5, 5.41) is 14.6. The summed E-state index contributed by atoms with van der Waals surface area (Å²) in [7, 11) is 0. The smallest absolute Gasteiger partial charge is 0.319 e. The molecule has 0 fully saturated rings. The number of carbonyl (C=O) groups is 2. The number of para-hydroxylation sites is 1. The fourth-order valence-electron chi connectivity index (χ4n) is 2.45. The number of hydrogen-bond acceptors (Lipinski definition) is 3. The molecule has 0 bridgehead atoms. The van der Waals surface area contributed by atoms with Crippen molar-refractivity contribution in [3.05, 3.63) is 78.6 Å². The van der Waals surface area contributed by atoms with Crippen LogP contribution in [-0.4, -0.2) is 28.2 Å². The van der Waals surface area contributed by atoms with E-state index in [1.165, 1.54) is 6.20 Å². The van der Waals surface area contributed by atoms with Crippen LogP contribution in [0.5, 0.6) is 0 Å². The molecule has 26 heavy (non-hydrogen) atoms. The predicted octanol–water partition coefficient (Wildman–Crippen LogP) is 2.78. The predicted molar refractivity (Wildman–Crippen MR) is 99.7 cm³/mol. The van der Waals surface area contributed by atoms with Crippen LogP contribution in [0.1, 0.15) is 5.56 Å². The summed E-state index contributed by atoms with van der Waals surface area (Å²) in [4.78, 5) is 24.9. The van der Waals surface area contributed by atoms with Crippen LogP contribution in [0.3, 0.4) is 0 Å². The molecule has 0 saturated heterocycles. The fraction of sp³-hybridized carbons (Fsp3) is 0.105. The third kappa shape index (κ3) is 4.94. The van der Waals surface area contributed by atoms with Crippen molar-refractivity contribution in [2.45, 2.75) is 12.5 Å². The van der Waals surface area contributed by atoms with E-state index < -0.39 is 12.1 Å². The molecule has 0 saturated carbocycles. The number of aromatic amines is 1. The van der Waals surface area contributed by atoms with Crippen molar-refractivity contribution in [3.8, 4) is 0 Å². The number of urea groups is 1. The quantitative estimate of drug-likeness (QED) is 0.551. The highest BCUT2D eigenvalue weighted by molar-refractivity contribution is 5.99. The molecule has 0 radical (unpaired) electrons. The third-order valence-electron chi connectivity index (χ3n) is 3.70. The van der Waals surface area contributed by atoms with E-state index in [0.29, 0.717) is 17.8 Å². The second-order valence-electron chi connectivity index (χ2n) is 5.68. The Labute approximate surface area is 150 Å². The zero-order chi connectivity index (χ0) is 18.2. The lowest BCUT2D eigenvalue weighted by Gasteiger charge is -2.19. The minimum absolute atomic E-state index is 0.289. The molecule has 3 rings (SSSR count). The lowest BCUT2D eigenvalue weighted by Crippen LogP contribution is -2.46. The SMILES string of the molecule is O=C(Nc1cn[nH]c1)N[C@H](Cc1ccccc1)C(=O)Nc1ccccc1. The van der Waals surface area contributed by atoms with Gasteiger partial charge >= 0.3 is 6.03 Å². The van der Waals surface area contributed by atoms with Gasteiger partial charge in [-0.15, -0.1) is 0 Å². The first-order valence-electron chi connectivity index (χ1n) is 8.17. The average molecular weight is 349 g/mol. The van der Waals surface area contributed by atoms with Crippen molar-refractivity contribution in [2.24, 2.45) is 0 Å². The Balaban J connectivity index is 1.70. The van der Waals surface area contributed by atoms with Gasteiger partial charge in [-0.3, -0.25) is 9.89 Å². The number of nitrogens with zero attached hydrogens (tertiary/aromatic N) is 1. The molecule has 1 aromatic heterocycles. The highest BCUT2D eigenvalue weighted by Crippen LogP contribution is 2.09. The summed E-state index contributed by atoms with van der Waals surface area (Å²) in [6.07, 6.45) is 3.41. The number of hydrogen-bond donors (Lipinski definition) is 4. The fourth-order valence-corrected chi connectivity index (χ4v) is 2.45. The van der Waals surface area contributed by atoms with Gasteiger partial charge in [-0.05, 0) is 17.7 Å². The first-order chi connectivity index (χ1) is 12.7. The lowest BCUT2D eigenvalue weighted by molar-refractivity contribution is -0.117. The van der Waals surface area contributed by atoms with Gasteiger partial charge in [0, 0.05) is 18.3 Å². The van der Waals surface area contributed by atoms with Crippen molar-refractivity contribution in [1.29, 1.82) is 0 Å². The maximum Gasteiger partial charge on any atom is 0.319 e. The number of amides is 3. The van der Waals surface area contributed by atoms with E-state index in [9.17, 15) is 9.59 Å². The molecule has 4 N–H and O–H groups in total. The van der Waals surface area contributed by atoms with E-state index >= 15 is 0 Å². The number of anilines is 2. The van der Waals surface area contributed by atoms with Crippen molar-refractivity contribution in [2.75, 3.05) is 10.6 Å². The van der Waals surface area contributed by atoms with Crippen LogP contribution >= 0.6 is 0 Å². The van der Waals surface area contributed by atoms with E-state index in [0.717, 1.165) is 5.56 Å². The Morgan fingerprint density at radius 3 is 2.27 bits per heavy atom. The minimum Gasteiger partial charge on any atom is -0.326 e. The number of carbonyl (C=O) groups excluding carboxylic acids is 2. The van der Waals surface area contributed by atoms with Gasteiger partial charge in [-0.2, -0.15) is 5.10 Å².